The molecule has 1 amide bonds. The molecule has 1 N–H and O–H groups in total. The van der Waals surface area contributed by atoms with Crippen LogP contribution in [0, 0.1) is 10.1 Å². The van der Waals surface area contributed by atoms with Gasteiger partial charge in [0.15, 0.2) is 5.13 Å². The molecule has 2 aromatic carbocycles. The van der Waals surface area contributed by atoms with Gasteiger partial charge in [-0.15, -0.1) is 0 Å². The highest BCUT2D eigenvalue weighted by Gasteiger charge is 2.30. The van der Waals surface area contributed by atoms with Crippen molar-refractivity contribution in [3.63, 3.8) is 0 Å². The van der Waals surface area contributed by atoms with E-state index in [0.29, 0.717) is 24.0 Å². The Morgan fingerprint density at radius 1 is 1.26 bits per heavy atom. The van der Waals surface area contributed by atoms with Crippen molar-refractivity contribution < 1.29 is 14.5 Å². The van der Waals surface area contributed by atoms with Crippen molar-refractivity contribution >= 4 is 44.0 Å². The fourth-order valence-corrected chi connectivity index (χ4v) is 4.73. The monoisotopic (exact) mass is 438 g/mol. The molecule has 1 saturated heterocycles. The molecule has 5 rings (SSSR count). The quantitative estimate of drug-likeness (QED) is 0.427. The van der Waals surface area contributed by atoms with Crippen molar-refractivity contribution in [2.24, 2.45) is 0 Å². The SMILES string of the molecule is O=C(c1ccc(NC2CC2)c([N+](=O)[O-])c1)N(CC1CCCO1)c1nc2ccccc2s1. The number of ether oxygens (including phenoxy) is 1. The molecule has 2 fully saturated rings. The molecule has 3 aromatic rings. The minimum Gasteiger partial charge on any atom is -0.377 e. The number of anilines is 2. The minimum atomic E-state index is -0.441. The maximum atomic E-state index is 13.5. The number of carbonyl (C=O) groups excluding carboxylic acids is 1. The smallest absolute Gasteiger partial charge is 0.293 e. The van der Waals surface area contributed by atoms with Crippen LogP contribution in [0.1, 0.15) is 36.0 Å². The summed E-state index contributed by atoms with van der Waals surface area (Å²) in [4.78, 5) is 31.0. The highest BCUT2D eigenvalue weighted by molar-refractivity contribution is 7.22. The summed E-state index contributed by atoms with van der Waals surface area (Å²) in [6.45, 7) is 1.05. The highest BCUT2D eigenvalue weighted by Crippen LogP contribution is 2.34. The lowest BCUT2D eigenvalue weighted by molar-refractivity contribution is -0.384. The minimum absolute atomic E-state index is 0.0678. The second-order valence-electron chi connectivity index (χ2n) is 7.92. The van der Waals surface area contributed by atoms with E-state index >= 15 is 0 Å². The van der Waals surface area contributed by atoms with Crippen molar-refractivity contribution in [2.75, 3.05) is 23.4 Å². The zero-order valence-corrected chi connectivity index (χ0v) is 17.6. The lowest BCUT2D eigenvalue weighted by atomic mass is 10.1. The fourth-order valence-electron chi connectivity index (χ4n) is 3.76. The molecule has 1 atom stereocenters. The average Bonchev–Trinajstić information content (AvgIpc) is 3.26. The number of para-hydroxylation sites is 1. The number of nitrogens with one attached hydrogen (secondary N) is 1. The van der Waals surface area contributed by atoms with Crippen LogP contribution >= 0.6 is 11.3 Å². The number of hydrogen-bond acceptors (Lipinski definition) is 7. The third-order valence-corrected chi connectivity index (χ3v) is 6.61. The second kappa shape index (κ2) is 8.24. The van der Waals surface area contributed by atoms with Crippen molar-refractivity contribution in [3.05, 3.63) is 58.1 Å². The molecule has 0 spiro atoms. The summed E-state index contributed by atoms with van der Waals surface area (Å²) in [5, 5.41) is 15.4. The third-order valence-electron chi connectivity index (χ3n) is 5.55. The molecule has 1 aliphatic heterocycles. The lowest BCUT2D eigenvalue weighted by Crippen LogP contribution is -2.37. The largest absolute Gasteiger partial charge is 0.377 e. The van der Waals surface area contributed by atoms with Crippen LogP contribution < -0.4 is 10.2 Å². The van der Waals surface area contributed by atoms with Gasteiger partial charge in [-0.1, -0.05) is 23.5 Å². The molecule has 1 unspecified atom stereocenters. The first kappa shape index (κ1) is 19.9. The summed E-state index contributed by atoms with van der Waals surface area (Å²) in [7, 11) is 0. The van der Waals surface area contributed by atoms with Gasteiger partial charge in [0.1, 0.15) is 5.69 Å². The number of rotatable bonds is 7. The molecule has 2 aliphatic rings. The molecule has 0 bridgehead atoms. The summed E-state index contributed by atoms with van der Waals surface area (Å²) in [5.41, 5.74) is 1.46. The van der Waals surface area contributed by atoms with Gasteiger partial charge in [-0.25, -0.2) is 4.98 Å². The Balaban J connectivity index is 1.49. The van der Waals surface area contributed by atoms with Gasteiger partial charge in [0.25, 0.3) is 11.6 Å². The summed E-state index contributed by atoms with van der Waals surface area (Å²) >= 11 is 1.43. The van der Waals surface area contributed by atoms with Crippen LogP contribution in [0.15, 0.2) is 42.5 Å². The van der Waals surface area contributed by atoms with Gasteiger partial charge in [0, 0.05) is 24.3 Å². The van der Waals surface area contributed by atoms with E-state index in [1.807, 2.05) is 24.3 Å². The fraction of sp³-hybridized carbons (Fsp3) is 0.364. The molecule has 31 heavy (non-hydrogen) atoms. The second-order valence-corrected chi connectivity index (χ2v) is 8.93. The van der Waals surface area contributed by atoms with E-state index in [-0.39, 0.29) is 29.3 Å². The van der Waals surface area contributed by atoms with Gasteiger partial charge in [-0.2, -0.15) is 0 Å². The highest BCUT2D eigenvalue weighted by atomic mass is 32.1. The summed E-state index contributed by atoms with van der Waals surface area (Å²) in [5.74, 6) is -0.310. The molecule has 1 aliphatic carbocycles. The molecule has 0 radical (unpaired) electrons. The summed E-state index contributed by atoms with van der Waals surface area (Å²) in [6.07, 6.45) is 3.77. The zero-order chi connectivity index (χ0) is 21.4. The normalized spacial score (nSPS) is 18.3. The van der Waals surface area contributed by atoms with Crippen molar-refractivity contribution in [1.82, 2.24) is 4.98 Å². The van der Waals surface area contributed by atoms with E-state index in [4.69, 9.17) is 4.74 Å². The van der Waals surface area contributed by atoms with Crippen LogP contribution in [-0.4, -0.2) is 41.1 Å². The van der Waals surface area contributed by atoms with Gasteiger partial charge in [-0.05, 0) is 49.9 Å². The summed E-state index contributed by atoms with van der Waals surface area (Å²) < 4.78 is 6.75. The number of thiazole rings is 1. The van der Waals surface area contributed by atoms with Gasteiger partial charge in [-0.3, -0.25) is 19.8 Å². The number of amides is 1. The number of nitro groups is 1. The first-order valence-electron chi connectivity index (χ1n) is 10.4. The molecule has 8 nitrogen and oxygen atoms in total. The first-order valence-corrected chi connectivity index (χ1v) is 11.2. The number of fused-ring (bicyclic) bond motifs is 1. The Labute approximate surface area is 183 Å². The standard InChI is InChI=1S/C22H22N4O4S/c27-21(14-7-10-17(23-15-8-9-15)19(12-14)26(28)29)25(13-16-4-3-11-30-16)22-24-18-5-1-2-6-20(18)31-22/h1-2,5-7,10,12,15-16,23H,3-4,8-9,11,13H2. The van der Waals surface area contributed by atoms with E-state index in [0.717, 1.165) is 35.9 Å². The molecule has 1 saturated carbocycles. The predicted molar refractivity (Wildman–Crippen MR) is 120 cm³/mol. The third kappa shape index (κ3) is 4.24. The van der Waals surface area contributed by atoms with Gasteiger partial charge in [0.2, 0.25) is 0 Å². The number of nitro benzene ring substituents is 1. The number of carbonyl (C=O) groups is 1. The van der Waals surface area contributed by atoms with Crippen molar-refractivity contribution in [2.45, 2.75) is 37.8 Å². The maximum absolute atomic E-state index is 13.5. The van der Waals surface area contributed by atoms with Gasteiger partial charge < -0.3 is 10.1 Å². The Morgan fingerprint density at radius 2 is 2.10 bits per heavy atom. The number of hydrogen-bond donors (Lipinski definition) is 1. The molecule has 160 valence electrons. The molecular weight excluding hydrogens is 416 g/mol. The average molecular weight is 439 g/mol. The predicted octanol–water partition coefficient (Wildman–Crippen LogP) is 4.60. The summed E-state index contributed by atoms with van der Waals surface area (Å²) in [6, 6.07) is 12.6. The van der Waals surface area contributed by atoms with Crippen LogP contribution in [0.5, 0.6) is 0 Å². The Hall–Kier alpha value is -3.04. The van der Waals surface area contributed by atoms with E-state index in [2.05, 4.69) is 10.3 Å². The van der Waals surface area contributed by atoms with E-state index < -0.39 is 4.92 Å². The van der Waals surface area contributed by atoms with Crippen LogP contribution in [-0.2, 0) is 4.74 Å². The number of aromatic nitrogens is 1. The van der Waals surface area contributed by atoms with Crippen molar-refractivity contribution in [3.8, 4) is 0 Å². The molecule has 1 aromatic heterocycles. The van der Waals surface area contributed by atoms with Gasteiger partial charge in [0.05, 0.1) is 27.8 Å². The zero-order valence-electron chi connectivity index (χ0n) is 16.8. The van der Waals surface area contributed by atoms with E-state index in [1.165, 1.54) is 17.4 Å². The number of nitrogens with zero attached hydrogens (tertiary/aromatic N) is 3. The maximum Gasteiger partial charge on any atom is 0.293 e. The molecular formula is C22H22N4O4S. The van der Waals surface area contributed by atoms with Crippen molar-refractivity contribution in [1.29, 1.82) is 0 Å². The Bertz CT molecular complexity index is 1100. The molecule has 9 heteroatoms. The number of benzene rings is 2. The topological polar surface area (TPSA) is 97.6 Å². The Kier molecular flexibility index (Phi) is 5.29. The Morgan fingerprint density at radius 3 is 2.81 bits per heavy atom. The van der Waals surface area contributed by atoms with Crippen LogP contribution in [0.2, 0.25) is 0 Å². The van der Waals surface area contributed by atoms with E-state index in [1.54, 1.807) is 17.0 Å². The van der Waals surface area contributed by atoms with E-state index in [9.17, 15) is 14.9 Å². The van der Waals surface area contributed by atoms with Gasteiger partial charge >= 0.3 is 0 Å². The lowest BCUT2D eigenvalue weighted by Gasteiger charge is -2.23. The van der Waals surface area contributed by atoms with Crippen LogP contribution in [0.4, 0.5) is 16.5 Å². The van der Waals surface area contributed by atoms with Crippen LogP contribution in [0.3, 0.4) is 0 Å². The first-order chi connectivity index (χ1) is 15.1. The molecule has 2 heterocycles. The van der Waals surface area contributed by atoms with Crippen LogP contribution in [0.25, 0.3) is 10.2 Å².